The maximum atomic E-state index is 9.14. The third-order valence-corrected chi connectivity index (χ3v) is 16.1. The lowest BCUT2D eigenvalue weighted by Gasteiger charge is -2.24. The standard InChI is InChI=1S/C30H40N.C24H28N.2C19H26N/c1-21-15-22(2)27(17-26(21)23-13-11-10-12-14-23)28-16-24(18-29(3,4)5)25(20-31(28)9)19-30(6,7)8;1-17(2)13-20-11-12-24(25(5)16-20)23-15-22(18(3)14-19(23)4)21-9-7-6-8-10-21;2*1-14-7-9-17(15(2)11-14)18-10-8-16(13-20(18)6)12-19(3,4)5/h10-17,20H,18-19H2,1-9H3;6-12,14-17H,13H2,1-5H3;2*7-11,13H,12H2,1-6H3/q4*+1/i1D3,18D2,19D2;3D3,13D2;1D3,12D2;. The highest BCUT2D eigenvalue weighted by Gasteiger charge is 2.26. The van der Waals surface area contributed by atoms with Gasteiger partial charge in [-0.2, -0.15) is 0 Å². The van der Waals surface area contributed by atoms with Gasteiger partial charge in [0.2, 0.25) is 22.8 Å². The van der Waals surface area contributed by atoms with E-state index in [9.17, 15) is 0 Å². The third-order valence-electron chi connectivity index (χ3n) is 16.1. The highest BCUT2D eigenvalue weighted by Crippen LogP contribution is 2.36. The molecule has 0 atom stereocenters. The van der Waals surface area contributed by atoms with Gasteiger partial charge in [-0.25, -0.2) is 18.3 Å². The first kappa shape index (κ1) is 54.0. The van der Waals surface area contributed by atoms with Crippen LogP contribution in [-0.4, -0.2) is 0 Å². The number of hydrogen-bond donors (Lipinski definition) is 0. The van der Waals surface area contributed by atoms with Crippen LogP contribution >= 0.6 is 0 Å². The van der Waals surface area contributed by atoms with Gasteiger partial charge in [0, 0.05) is 92.1 Å². The van der Waals surface area contributed by atoms with Crippen LogP contribution in [0.3, 0.4) is 0 Å². The number of aromatic nitrogens is 4. The van der Waals surface area contributed by atoms with E-state index in [1.165, 1.54) is 27.9 Å². The molecule has 0 bridgehead atoms. The Morgan fingerprint density at radius 2 is 0.729 bits per heavy atom. The summed E-state index contributed by atoms with van der Waals surface area (Å²) in [4.78, 5) is 0. The molecule has 0 spiro atoms. The van der Waals surface area contributed by atoms with Gasteiger partial charge in [-0.3, -0.25) is 0 Å². The summed E-state index contributed by atoms with van der Waals surface area (Å²) in [7, 11) is 7.75. The number of aryl methyl sites for hydroxylation is 12. The molecule has 0 amide bonds. The molecule has 0 N–H and O–H groups in total. The van der Waals surface area contributed by atoms with E-state index in [0.29, 0.717) is 55.6 Å². The number of pyridine rings is 4. The van der Waals surface area contributed by atoms with Crippen molar-refractivity contribution in [2.75, 3.05) is 0 Å². The average Bonchev–Trinajstić information content (AvgIpc) is 0.729. The van der Waals surface area contributed by atoms with Crippen molar-refractivity contribution in [2.45, 2.75) is 184 Å². The van der Waals surface area contributed by atoms with Crippen molar-refractivity contribution in [1.82, 2.24) is 0 Å². The number of nitrogens with zero attached hydrogens (tertiary/aromatic N) is 4. The lowest BCUT2D eigenvalue weighted by molar-refractivity contribution is -0.661. The topological polar surface area (TPSA) is 15.5 Å². The third kappa shape index (κ3) is 21.7. The molecule has 96 heavy (non-hydrogen) atoms. The predicted molar refractivity (Wildman–Crippen MR) is 412 cm³/mol. The van der Waals surface area contributed by atoms with Crippen molar-refractivity contribution < 1.29 is 41.6 Å². The zero-order chi connectivity index (χ0) is 85.4. The van der Waals surface area contributed by atoms with Crippen molar-refractivity contribution >= 4 is 0 Å². The van der Waals surface area contributed by atoms with Gasteiger partial charge in [-0.05, 0) is 218 Å². The van der Waals surface area contributed by atoms with Crippen LogP contribution in [0.1, 0.15) is 193 Å². The molecule has 10 rings (SSSR count). The maximum absolute atomic E-state index is 9.14. The summed E-state index contributed by atoms with van der Waals surface area (Å²) in [6.07, 6.45) is 2.18. The van der Waals surface area contributed by atoms with E-state index >= 15 is 0 Å². The summed E-state index contributed by atoms with van der Waals surface area (Å²) < 4.78 is 149. The fourth-order valence-electron chi connectivity index (χ4n) is 12.0. The summed E-state index contributed by atoms with van der Waals surface area (Å²) >= 11 is 0. The molecule has 4 nitrogen and oxygen atoms in total. The minimum absolute atomic E-state index is 0.145. The second kappa shape index (κ2) is 31.9. The van der Waals surface area contributed by atoms with Gasteiger partial charge in [0.1, 0.15) is 28.2 Å². The predicted octanol–water partition coefficient (Wildman–Crippen LogP) is 22.1. The summed E-state index contributed by atoms with van der Waals surface area (Å²) in [6, 6.07) is 51.8. The molecule has 4 heterocycles. The highest BCUT2D eigenvalue weighted by atomic mass is 14.9. The summed E-state index contributed by atoms with van der Waals surface area (Å²) in [6.45, 7) is 30.5. The number of rotatable bonds is 12. The molecular weight excluding hydrogens is 1160 g/mol. The van der Waals surface area contributed by atoms with E-state index in [1.54, 1.807) is 36.5 Å². The molecule has 0 saturated carbocycles. The van der Waals surface area contributed by atoms with Crippen molar-refractivity contribution in [3.8, 4) is 67.3 Å². The van der Waals surface area contributed by atoms with Crippen LogP contribution in [-0.2, 0) is 60.1 Å². The minimum atomic E-state index is -2.31. The van der Waals surface area contributed by atoms with Crippen LogP contribution < -0.4 is 18.3 Å². The van der Waals surface area contributed by atoms with Gasteiger partial charge < -0.3 is 0 Å². The lowest BCUT2D eigenvalue weighted by atomic mass is 9.81. The van der Waals surface area contributed by atoms with E-state index in [4.69, 9.17) is 23.3 Å². The van der Waals surface area contributed by atoms with E-state index < -0.39 is 62.3 Å². The fraction of sp³-hybridized carbons (Fsp3) is 0.391. The van der Waals surface area contributed by atoms with Gasteiger partial charge in [0.05, 0.1) is 0 Å². The Morgan fingerprint density at radius 1 is 0.333 bits per heavy atom. The Morgan fingerprint density at radius 3 is 1.17 bits per heavy atom. The van der Waals surface area contributed by atoms with Crippen molar-refractivity contribution in [3.05, 3.63) is 261 Å². The van der Waals surface area contributed by atoms with E-state index in [1.807, 2.05) is 247 Å². The molecule has 6 aromatic carbocycles. The smallest absolute Gasteiger partial charge is 0.201 e. The Labute approximate surface area is 607 Å². The molecule has 0 radical (unpaired) electrons. The fourth-order valence-corrected chi connectivity index (χ4v) is 12.0. The van der Waals surface area contributed by atoms with Crippen LogP contribution in [0.4, 0.5) is 0 Å². The van der Waals surface area contributed by atoms with Crippen LogP contribution in [0.2, 0.25) is 0 Å². The average molecular weight is 1300 g/mol. The molecular formula is C92H120N4+4. The zero-order valence-electron chi connectivity index (χ0n) is 79.0. The first-order valence-electron chi connectivity index (χ1n) is 42.2. The number of hydrogen-bond acceptors (Lipinski definition) is 0. The van der Waals surface area contributed by atoms with Crippen LogP contribution in [0.5, 0.6) is 0 Å². The molecule has 4 aromatic heterocycles. The summed E-state index contributed by atoms with van der Waals surface area (Å²) in [5.74, 6) is -0.145. The van der Waals surface area contributed by atoms with Gasteiger partial charge in [0.25, 0.3) is 0 Å². The van der Waals surface area contributed by atoms with E-state index in [2.05, 4.69) is 82.8 Å². The summed E-state index contributed by atoms with van der Waals surface area (Å²) in [5, 5.41) is 0. The minimum Gasteiger partial charge on any atom is -0.201 e. The van der Waals surface area contributed by atoms with Crippen molar-refractivity contribution in [1.29, 1.82) is 0 Å². The molecule has 4 heteroatoms. The molecule has 0 saturated heterocycles. The molecule has 0 aliphatic heterocycles. The number of benzene rings is 6. The molecule has 0 aliphatic rings. The first-order chi connectivity index (χ1) is 51.5. The highest BCUT2D eigenvalue weighted by molar-refractivity contribution is 5.77. The van der Waals surface area contributed by atoms with Crippen LogP contribution in [0, 0.1) is 82.8 Å². The van der Waals surface area contributed by atoms with Gasteiger partial charge in [-0.1, -0.05) is 205 Å². The second-order valence-electron chi connectivity index (χ2n) is 30.6. The van der Waals surface area contributed by atoms with Gasteiger partial charge in [0.15, 0.2) is 24.8 Å². The van der Waals surface area contributed by atoms with Crippen molar-refractivity contribution in [3.63, 3.8) is 0 Å². The van der Waals surface area contributed by atoms with Crippen LogP contribution in [0.15, 0.2) is 189 Å². The SMILES string of the molecule is Cc1ccc(-c2ccc(CC(C)(C)C)c[n+]2C)c(C)c1.[2H]C([2H])([2H])c1cc(C)c(-c2cc(C([2H])([2H])C(C)(C)C)c(C([2H])([2H])C(C)(C)C)c[n+]2C)cc1-c1ccccc1.[2H]C([2H])([2H])c1cc(C)c(-c2ccc(C([2H])([2H])C(C)C)c[n+]2C)cc1-c1ccccc1.[2H]C([2H])([2H])c1ccc(-c2ccc(C([2H])([2H])C(C)(C)C)c[n+]2C)c(C)c1. The quantitative estimate of drug-likeness (QED) is 0.108. The lowest BCUT2D eigenvalue weighted by Crippen LogP contribution is -2.33. The van der Waals surface area contributed by atoms with Gasteiger partial charge >= 0.3 is 0 Å². The zero-order valence-corrected chi connectivity index (χ0v) is 62.0. The maximum Gasteiger partial charge on any atom is 0.212 e. The Hall–Kier alpha value is -8.08. The molecule has 0 unspecified atom stereocenters. The normalized spacial score (nSPS) is 15.4. The Kier molecular flexibility index (Phi) is 17.9. The summed E-state index contributed by atoms with van der Waals surface area (Å²) in [5.41, 5.74) is 18.3. The Bertz CT molecular complexity index is 5020. The molecule has 0 aliphatic carbocycles. The van der Waals surface area contributed by atoms with Gasteiger partial charge in [-0.15, -0.1) is 0 Å². The van der Waals surface area contributed by atoms with E-state index in [0.717, 1.165) is 62.3 Å². The Balaban J connectivity index is 0.000000214. The second-order valence-corrected chi connectivity index (χ2v) is 30.6. The van der Waals surface area contributed by atoms with Crippen molar-refractivity contribution in [2.24, 2.45) is 55.8 Å². The largest absolute Gasteiger partial charge is 0.212 e. The molecule has 10 aromatic rings. The monoisotopic (exact) mass is 1300 g/mol. The molecule has 0 fully saturated rings. The van der Waals surface area contributed by atoms with Crippen LogP contribution in [0.25, 0.3) is 67.3 Å². The van der Waals surface area contributed by atoms with E-state index in [-0.39, 0.29) is 11.5 Å². The first-order valence-corrected chi connectivity index (χ1v) is 33.7. The molecule has 504 valence electrons.